The summed E-state index contributed by atoms with van der Waals surface area (Å²) >= 11 is 0. The van der Waals surface area contributed by atoms with Gasteiger partial charge < -0.3 is 19.9 Å². The number of methoxy groups -OCH3 is 1. The minimum absolute atomic E-state index is 0.0541. The summed E-state index contributed by atoms with van der Waals surface area (Å²) in [6.45, 7) is 0.499. The van der Waals surface area contributed by atoms with Gasteiger partial charge in [0.05, 0.1) is 20.2 Å². The van der Waals surface area contributed by atoms with Crippen molar-refractivity contribution in [2.24, 2.45) is 0 Å². The van der Waals surface area contributed by atoms with E-state index >= 15 is 0 Å². The van der Waals surface area contributed by atoms with Crippen LogP contribution in [0.15, 0.2) is 48.5 Å². The zero-order valence-electron chi connectivity index (χ0n) is 17.4. The van der Waals surface area contributed by atoms with Crippen LogP contribution in [-0.2, 0) is 16.0 Å². The molecule has 29 heavy (non-hydrogen) atoms. The smallest absolute Gasteiger partial charge is 0.279 e. The van der Waals surface area contributed by atoms with Gasteiger partial charge in [-0.3, -0.25) is 9.59 Å². The van der Waals surface area contributed by atoms with Gasteiger partial charge in [0.1, 0.15) is 5.75 Å². The molecule has 2 aromatic rings. The van der Waals surface area contributed by atoms with Crippen LogP contribution in [0.4, 0.5) is 5.69 Å². The van der Waals surface area contributed by atoms with Crippen LogP contribution >= 0.6 is 0 Å². The Morgan fingerprint density at radius 3 is 2.76 bits per heavy atom. The molecule has 2 atom stereocenters. The number of likely N-dealkylation sites (N-methyl/N-ethyl adjacent to an activating group) is 2. The van der Waals surface area contributed by atoms with Crippen molar-refractivity contribution in [3.05, 3.63) is 59.7 Å². The minimum atomic E-state index is -0.130. The lowest BCUT2D eigenvalue weighted by Crippen LogP contribution is -3.11. The highest BCUT2D eigenvalue weighted by Crippen LogP contribution is 2.33. The number of amides is 2. The maximum Gasteiger partial charge on any atom is 0.279 e. The quantitative estimate of drug-likeness (QED) is 0.749. The second kappa shape index (κ2) is 9.56. The summed E-state index contributed by atoms with van der Waals surface area (Å²) in [5.41, 5.74) is 3.27. The van der Waals surface area contributed by atoms with E-state index in [1.54, 1.807) is 13.2 Å². The van der Waals surface area contributed by atoms with E-state index < -0.39 is 0 Å². The molecule has 2 amide bonds. The highest BCUT2D eigenvalue weighted by molar-refractivity contribution is 5.91. The molecule has 0 spiro atoms. The van der Waals surface area contributed by atoms with Gasteiger partial charge in [0.15, 0.2) is 13.1 Å². The normalized spacial score (nSPS) is 16.4. The van der Waals surface area contributed by atoms with Crippen LogP contribution in [0.25, 0.3) is 0 Å². The lowest BCUT2D eigenvalue weighted by Gasteiger charge is -2.33. The fourth-order valence-electron chi connectivity index (χ4n) is 3.93. The maximum atomic E-state index is 12.8. The molecule has 0 saturated carbocycles. The second-order valence-corrected chi connectivity index (χ2v) is 7.70. The van der Waals surface area contributed by atoms with Crippen LogP contribution in [0, 0.1) is 0 Å². The van der Waals surface area contributed by atoms with Gasteiger partial charge in [0, 0.05) is 18.8 Å². The molecule has 2 aromatic carbocycles. The molecule has 0 fully saturated rings. The number of aryl methyl sites for hydroxylation is 1. The number of fused-ring (bicyclic) bond motifs is 1. The number of hydrogen-bond acceptors (Lipinski definition) is 3. The summed E-state index contributed by atoms with van der Waals surface area (Å²) in [5, 5.41) is 2.86. The van der Waals surface area contributed by atoms with Gasteiger partial charge in [-0.1, -0.05) is 30.3 Å². The zero-order chi connectivity index (χ0) is 20.8. The Morgan fingerprint density at radius 1 is 1.17 bits per heavy atom. The fourth-order valence-corrected chi connectivity index (χ4v) is 3.93. The minimum Gasteiger partial charge on any atom is -0.497 e. The SMILES string of the molecule is COc1cccc(NC(=O)C[NH+](C)CC(=O)N(C)[C@@H]2CCCc3ccccc32)c1. The van der Waals surface area contributed by atoms with Crippen molar-refractivity contribution < 1.29 is 19.2 Å². The monoisotopic (exact) mass is 396 g/mol. The summed E-state index contributed by atoms with van der Waals surface area (Å²) in [6, 6.07) is 15.7. The number of nitrogens with one attached hydrogen (secondary N) is 2. The number of hydrogen-bond donors (Lipinski definition) is 2. The van der Waals surface area contributed by atoms with Crippen LogP contribution in [0.2, 0.25) is 0 Å². The Kier molecular flexibility index (Phi) is 6.88. The third-order valence-corrected chi connectivity index (χ3v) is 5.47. The number of carbonyl (C=O) groups is 2. The first kappa shape index (κ1) is 20.9. The lowest BCUT2D eigenvalue weighted by molar-refractivity contribution is -0.862. The molecule has 1 aliphatic carbocycles. The Hall–Kier alpha value is -2.86. The van der Waals surface area contributed by atoms with Gasteiger partial charge in [-0.2, -0.15) is 0 Å². The van der Waals surface area contributed by atoms with Crippen molar-refractivity contribution in [2.45, 2.75) is 25.3 Å². The number of ether oxygens (including phenoxy) is 1. The van der Waals surface area contributed by atoms with E-state index in [-0.39, 0.29) is 30.9 Å². The maximum absolute atomic E-state index is 12.8. The molecular formula is C23H30N3O3+. The van der Waals surface area contributed by atoms with E-state index in [0.29, 0.717) is 11.4 Å². The molecule has 6 nitrogen and oxygen atoms in total. The summed E-state index contributed by atoms with van der Waals surface area (Å²) in [5.74, 6) is 0.612. The number of nitrogens with zero attached hydrogens (tertiary/aromatic N) is 1. The van der Waals surface area contributed by atoms with Crippen LogP contribution in [0.5, 0.6) is 5.75 Å². The summed E-state index contributed by atoms with van der Waals surface area (Å²) < 4.78 is 5.17. The predicted octanol–water partition coefficient (Wildman–Crippen LogP) is 1.68. The molecule has 0 heterocycles. The first-order valence-electron chi connectivity index (χ1n) is 10.1. The summed E-state index contributed by atoms with van der Waals surface area (Å²) in [6.07, 6.45) is 3.14. The second-order valence-electron chi connectivity index (χ2n) is 7.70. The Morgan fingerprint density at radius 2 is 1.97 bits per heavy atom. The number of quaternary nitrogens is 1. The van der Waals surface area contributed by atoms with Crippen molar-refractivity contribution in [2.75, 3.05) is 39.6 Å². The van der Waals surface area contributed by atoms with Gasteiger partial charge in [0.25, 0.3) is 11.8 Å². The van der Waals surface area contributed by atoms with E-state index in [4.69, 9.17) is 4.74 Å². The summed E-state index contributed by atoms with van der Waals surface area (Å²) in [7, 11) is 5.33. The highest BCUT2D eigenvalue weighted by Gasteiger charge is 2.28. The molecular weight excluding hydrogens is 366 g/mol. The molecule has 1 unspecified atom stereocenters. The highest BCUT2D eigenvalue weighted by atomic mass is 16.5. The molecule has 0 bridgehead atoms. The first-order chi connectivity index (χ1) is 14.0. The van der Waals surface area contributed by atoms with Gasteiger partial charge in [-0.05, 0) is 42.5 Å². The van der Waals surface area contributed by atoms with E-state index in [0.717, 1.165) is 24.2 Å². The molecule has 154 valence electrons. The lowest BCUT2D eigenvalue weighted by atomic mass is 9.87. The van der Waals surface area contributed by atoms with Crippen LogP contribution in [0.1, 0.15) is 30.0 Å². The summed E-state index contributed by atoms with van der Waals surface area (Å²) in [4.78, 5) is 27.9. The third kappa shape index (κ3) is 5.35. The average Bonchev–Trinajstić information content (AvgIpc) is 2.72. The third-order valence-electron chi connectivity index (χ3n) is 5.47. The van der Waals surface area contributed by atoms with Crippen LogP contribution in [0.3, 0.4) is 0 Å². The predicted molar refractivity (Wildman–Crippen MR) is 113 cm³/mol. The average molecular weight is 397 g/mol. The number of benzene rings is 2. The van der Waals surface area contributed by atoms with Gasteiger partial charge in [-0.15, -0.1) is 0 Å². The molecule has 0 saturated heterocycles. The Labute approximate surface area is 172 Å². The van der Waals surface area contributed by atoms with E-state index in [1.165, 1.54) is 11.1 Å². The fraction of sp³-hybridized carbons (Fsp3) is 0.391. The largest absolute Gasteiger partial charge is 0.497 e. The van der Waals surface area contributed by atoms with Crippen molar-refractivity contribution in [1.82, 2.24) is 4.90 Å². The molecule has 1 aliphatic rings. The van der Waals surface area contributed by atoms with E-state index in [1.807, 2.05) is 43.3 Å². The van der Waals surface area contributed by atoms with Crippen LogP contribution in [-0.4, -0.2) is 51.0 Å². The van der Waals surface area contributed by atoms with Crippen molar-refractivity contribution >= 4 is 17.5 Å². The number of rotatable bonds is 7. The number of anilines is 1. The first-order valence-corrected chi connectivity index (χ1v) is 10.1. The van der Waals surface area contributed by atoms with Crippen molar-refractivity contribution in [3.8, 4) is 5.75 Å². The molecule has 0 aromatic heterocycles. The van der Waals surface area contributed by atoms with Crippen LogP contribution < -0.4 is 15.0 Å². The van der Waals surface area contributed by atoms with E-state index in [9.17, 15) is 9.59 Å². The molecule has 0 aliphatic heterocycles. The Bertz CT molecular complexity index is 868. The Balaban J connectivity index is 1.54. The topological polar surface area (TPSA) is 63.1 Å². The van der Waals surface area contributed by atoms with Gasteiger partial charge >= 0.3 is 0 Å². The number of carbonyl (C=O) groups excluding carboxylic acids is 2. The standard InChI is InChI=1S/C23H29N3O3/c1-25(15-22(27)24-18-10-7-11-19(14-18)29-3)16-23(28)26(2)21-13-6-9-17-8-4-5-12-20(17)21/h4-5,7-8,10-12,14,21H,6,9,13,15-16H2,1-3H3,(H,24,27)/p+1/t21-/m1/s1. The van der Waals surface area contributed by atoms with Crippen molar-refractivity contribution in [1.29, 1.82) is 0 Å². The van der Waals surface area contributed by atoms with E-state index in [2.05, 4.69) is 23.5 Å². The molecule has 3 rings (SSSR count). The zero-order valence-corrected chi connectivity index (χ0v) is 17.4. The van der Waals surface area contributed by atoms with Crippen molar-refractivity contribution in [3.63, 3.8) is 0 Å². The molecule has 6 heteroatoms. The molecule has 2 N–H and O–H groups in total. The van der Waals surface area contributed by atoms with Gasteiger partial charge in [0.2, 0.25) is 0 Å². The molecule has 0 radical (unpaired) electrons. The van der Waals surface area contributed by atoms with Gasteiger partial charge in [-0.25, -0.2) is 0 Å².